The van der Waals surface area contributed by atoms with Crippen LogP contribution in [0.2, 0.25) is 0 Å². The van der Waals surface area contributed by atoms with Gasteiger partial charge in [0.25, 0.3) is 0 Å². The summed E-state index contributed by atoms with van der Waals surface area (Å²) in [6.07, 6.45) is 1.01. The molecule has 0 amide bonds. The maximum Gasteiger partial charge on any atom is 0.241 e. The number of anilines is 1. The van der Waals surface area contributed by atoms with Gasteiger partial charge in [-0.1, -0.05) is 0 Å². The molecule has 0 aliphatic carbocycles. The molecule has 1 unspecified atom stereocenters. The molecule has 8 nitrogen and oxygen atoms in total. The number of rotatable bonds is 7. The predicted molar refractivity (Wildman–Crippen MR) is 132 cm³/mol. The van der Waals surface area contributed by atoms with Crippen molar-refractivity contribution in [2.24, 2.45) is 4.99 Å². The fourth-order valence-corrected chi connectivity index (χ4v) is 5.29. The highest BCUT2D eigenvalue weighted by Crippen LogP contribution is 2.38. The van der Waals surface area contributed by atoms with Gasteiger partial charge in [-0.25, -0.2) is 22.7 Å². The Morgan fingerprint density at radius 3 is 2.86 bits per heavy atom. The van der Waals surface area contributed by atoms with Gasteiger partial charge in [-0.15, -0.1) is 5.10 Å². The van der Waals surface area contributed by atoms with E-state index in [0.29, 0.717) is 51.1 Å². The Labute approximate surface area is 208 Å². The van der Waals surface area contributed by atoms with Crippen molar-refractivity contribution in [3.63, 3.8) is 0 Å². The average Bonchev–Trinajstić information content (AvgIpc) is 3.39. The fraction of sp³-hybridized carbons (Fsp3) is 0.520. The van der Waals surface area contributed by atoms with E-state index in [1.807, 2.05) is 31.3 Å². The molecular formula is C25H30F3N7O. The Morgan fingerprint density at radius 2 is 2.08 bits per heavy atom. The van der Waals surface area contributed by atoms with Crippen LogP contribution in [0, 0.1) is 0 Å². The zero-order valence-electron chi connectivity index (χ0n) is 19.9. The second kappa shape index (κ2) is 9.44. The van der Waals surface area contributed by atoms with E-state index in [1.54, 1.807) is 10.7 Å². The van der Waals surface area contributed by atoms with E-state index in [9.17, 15) is 13.2 Å². The van der Waals surface area contributed by atoms with Gasteiger partial charge in [-0.3, -0.25) is 14.9 Å². The Balaban J connectivity index is 0.00000280. The Hall–Kier alpha value is -3.05. The molecule has 6 rings (SSSR count). The van der Waals surface area contributed by atoms with E-state index in [-0.39, 0.29) is 19.8 Å². The van der Waals surface area contributed by atoms with Crippen LogP contribution in [0.25, 0.3) is 16.8 Å². The number of halogens is 3. The molecule has 2 fully saturated rings. The number of likely N-dealkylation sites (tertiary alicyclic amines) is 1. The summed E-state index contributed by atoms with van der Waals surface area (Å²) in [6, 6.07) is 5.60. The number of aliphatic imine (C=N–C) groups is 1. The fourth-order valence-electron chi connectivity index (χ4n) is 5.29. The molecule has 3 aliphatic heterocycles. The van der Waals surface area contributed by atoms with Gasteiger partial charge >= 0.3 is 0 Å². The van der Waals surface area contributed by atoms with E-state index < -0.39 is 12.6 Å². The summed E-state index contributed by atoms with van der Waals surface area (Å²) < 4.78 is 47.3. The van der Waals surface area contributed by atoms with Crippen LogP contribution in [0.1, 0.15) is 39.2 Å². The number of pyridine rings is 1. The van der Waals surface area contributed by atoms with Crippen LogP contribution in [-0.4, -0.2) is 81.2 Å². The standard InChI is InChI=1S/C25H28F3N7O.H2/c1-14-8-15(2-5-23(27)28)24-20(30-14)4-3-19(31-24)17-6-7-35-22(17)9-29-25(33-35)32-21-11-34(10-18(21)26)16-12-36-13-16;/h3-4,6-7,9,15-16,18,21,23H,2,5,8,10-13H2,1H3,(H,32,33);1H/t15?,18-,21+;/m1./s1. The molecule has 3 aromatic heterocycles. The molecule has 0 bridgehead atoms. The normalized spacial score (nSPS) is 24.7. The third kappa shape index (κ3) is 4.45. The summed E-state index contributed by atoms with van der Waals surface area (Å²) in [5, 5.41) is 7.68. The number of hydrogen-bond acceptors (Lipinski definition) is 7. The van der Waals surface area contributed by atoms with Crippen molar-refractivity contribution in [3.8, 4) is 11.3 Å². The summed E-state index contributed by atoms with van der Waals surface area (Å²) in [5.41, 5.74) is 4.74. The zero-order valence-corrected chi connectivity index (χ0v) is 19.9. The van der Waals surface area contributed by atoms with Crippen LogP contribution in [0.4, 0.5) is 24.8 Å². The van der Waals surface area contributed by atoms with E-state index in [0.717, 1.165) is 33.9 Å². The molecule has 3 aliphatic rings. The average molecular weight is 502 g/mol. The smallest absolute Gasteiger partial charge is 0.241 e. The quantitative estimate of drug-likeness (QED) is 0.514. The molecule has 1 N–H and O–H groups in total. The number of nitrogens with zero attached hydrogens (tertiary/aromatic N) is 6. The van der Waals surface area contributed by atoms with Crippen molar-refractivity contribution < 1.29 is 19.3 Å². The maximum absolute atomic E-state index is 14.6. The third-order valence-corrected chi connectivity index (χ3v) is 7.30. The Kier molecular flexibility index (Phi) is 6.12. The summed E-state index contributed by atoms with van der Waals surface area (Å²) in [6.45, 7) is 4.20. The van der Waals surface area contributed by atoms with Crippen molar-refractivity contribution in [2.45, 2.75) is 56.8 Å². The summed E-state index contributed by atoms with van der Waals surface area (Å²) in [4.78, 5) is 16.0. The molecular weight excluding hydrogens is 471 g/mol. The number of fused-ring (bicyclic) bond motifs is 2. The first kappa shape index (κ1) is 23.4. The Bertz CT molecular complexity index is 1300. The summed E-state index contributed by atoms with van der Waals surface area (Å²) >= 11 is 0. The van der Waals surface area contributed by atoms with Crippen LogP contribution in [0.5, 0.6) is 0 Å². The molecule has 0 spiro atoms. The van der Waals surface area contributed by atoms with E-state index in [2.05, 4.69) is 25.3 Å². The molecule has 11 heteroatoms. The van der Waals surface area contributed by atoms with Crippen LogP contribution >= 0.6 is 0 Å². The number of hydrogen-bond donors (Lipinski definition) is 1. The van der Waals surface area contributed by atoms with Crippen molar-refractivity contribution in [1.82, 2.24) is 24.5 Å². The molecule has 6 heterocycles. The maximum atomic E-state index is 14.6. The van der Waals surface area contributed by atoms with Crippen LogP contribution < -0.4 is 5.32 Å². The van der Waals surface area contributed by atoms with Gasteiger partial charge < -0.3 is 10.1 Å². The molecule has 0 radical (unpaired) electrons. The largest absolute Gasteiger partial charge is 0.378 e. The molecule has 3 aromatic rings. The van der Waals surface area contributed by atoms with E-state index in [1.165, 1.54) is 0 Å². The molecule has 3 atom stereocenters. The molecule has 0 aromatic carbocycles. The second-order valence-corrected chi connectivity index (χ2v) is 9.87. The van der Waals surface area contributed by atoms with Gasteiger partial charge in [-0.2, -0.15) is 0 Å². The second-order valence-electron chi connectivity index (χ2n) is 9.87. The third-order valence-electron chi connectivity index (χ3n) is 7.30. The first-order valence-electron chi connectivity index (χ1n) is 12.3. The highest BCUT2D eigenvalue weighted by atomic mass is 19.3. The summed E-state index contributed by atoms with van der Waals surface area (Å²) in [5.74, 6) is 0.276. The number of nitrogens with one attached hydrogen (secondary N) is 1. The van der Waals surface area contributed by atoms with Crippen molar-refractivity contribution in [3.05, 3.63) is 36.3 Å². The van der Waals surface area contributed by atoms with Gasteiger partial charge in [0.15, 0.2) is 0 Å². The van der Waals surface area contributed by atoms with Crippen LogP contribution in [-0.2, 0) is 4.74 Å². The zero-order chi connectivity index (χ0) is 24.8. The van der Waals surface area contributed by atoms with Gasteiger partial charge in [-0.05, 0) is 38.0 Å². The highest BCUT2D eigenvalue weighted by Gasteiger charge is 2.39. The van der Waals surface area contributed by atoms with Gasteiger partial charge in [0.1, 0.15) is 6.17 Å². The predicted octanol–water partition coefficient (Wildman–Crippen LogP) is 4.50. The lowest BCUT2D eigenvalue weighted by Crippen LogP contribution is -2.48. The molecule has 36 heavy (non-hydrogen) atoms. The van der Waals surface area contributed by atoms with Gasteiger partial charge in [0, 0.05) is 44.3 Å². The van der Waals surface area contributed by atoms with Gasteiger partial charge in [0.2, 0.25) is 12.4 Å². The topological polar surface area (TPSA) is 79.9 Å². The highest BCUT2D eigenvalue weighted by molar-refractivity contribution is 5.88. The first-order valence-corrected chi connectivity index (χ1v) is 12.3. The van der Waals surface area contributed by atoms with Crippen molar-refractivity contribution >= 4 is 22.9 Å². The first-order chi connectivity index (χ1) is 17.4. The summed E-state index contributed by atoms with van der Waals surface area (Å²) in [7, 11) is 0. The lowest BCUT2D eigenvalue weighted by atomic mass is 9.89. The Morgan fingerprint density at radius 1 is 1.22 bits per heavy atom. The number of alkyl halides is 3. The number of ether oxygens (including phenoxy) is 1. The minimum absolute atomic E-state index is 0. The van der Waals surface area contributed by atoms with Crippen LogP contribution in [0.15, 0.2) is 35.6 Å². The van der Waals surface area contributed by atoms with Crippen molar-refractivity contribution in [2.75, 3.05) is 31.6 Å². The van der Waals surface area contributed by atoms with Crippen LogP contribution in [0.3, 0.4) is 0 Å². The minimum atomic E-state index is -2.33. The number of aromatic nitrogens is 4. The van der Waals surface area contributed by atoms with E-state index in [4.69, 9.17) is 9.72 Å². The molecule has 192 valence electrons. The lowest BCUT2D eigenvalue weighted by Gasteiger charge is -2.34. The minimum Gasteiger partial charge on any atom is -0.378 e. The molecule has 0 saturated carbocycles. The lowest BCUT2D eigenvalue weighted by molar-refractivity contribution is -0.0585. The van der Waals surface area contributed by atoms with E-state index >= 15 is 0 Å². The van der Waals surface area contributed by atoms with Gasteiger partial charge in [0.05, 0.1) is 54.1 Å². The monoisotopic (exact) mass is 501 g/mol. The van der Waals surface area contributed by atoms with Crippen molar-refractivity contribution in [1.29, 1.82) is 0 Å². The molecule has 2 saturated heterocycles. The SMILES string of the molecule is CC1=Nc2ccc(-c3ccn4nc(N[C@H]5CN(C6COC6)C[C@H]5F)ncc34)nc2C(CCC(F)F)C1.[HH].